The standard InChI is InChI=1S/C25H15F3N4O3/c26-25(27,28)16-2-1-3-17(10-16)32-22-15(9-19(23(32)33)24(34)35)12-30-20-6-4-13(8-18(20)22)14-5-7-21(29)31-11-14/h1-12H,(H2,29,31)(H,34,35). The van der Waals surface area contributed by atoms with Crippen molar-refractivity contribution >= 4 is 33.6 Å². The summed E-state index contributed by atoms with van der Waals surface area (Å²) >= 11 is 0. The van der Waals surface area contributed by atoms with E-state index in [-0.39, 0.29) is 16.6 Å². The fourth-order valence-corrected chi connectivity index (χ4v) is 3.96. The van der Waals surface area contributed by atoms with Gasteiger partial charge in [0.2, 0.25) is 0 Å². The fourth-order valence-electron chi connectivity index (χ4n) is 3.96. The molecule has 35 heavy (non-hydrogen) atoms. The number of hydrogen-bond acceptors (Lipinski definition) is 5. The van der Waals surface area contributed by atoms with Gasteiger partial charge >= 0.3 is 12.1 Å². The molecule has 0 fully saturated rings. The summed E-state index contributed by atoms with van der Waals surface area (Å²) in [7, 11) is 0. The highest BCUT2D eigenvalue weighted by Crippen LogP contribution is 2.33. The summed E-state index contributed by atoms with van der Waals surface area (Å²) in [6.45, 7) is 0. The van der Waals surface area contributed by atoms with Gasteiger partial charge < -0.3 is 10.8 Å². The number of carboxylic acid groups (broad SMARTS) is 1. The monoisotopic (exact) mass is 476 g/mol. The zero-order valence-corrected chi connectivity index (χ0v) is 17.7. The van der Waals surface area contributed by atoms with Gasteiger partial charge in [-0.1, -0.05) is 12.1 Å². The van der Waals surface area contributed by atoms with E-state index in [1.54, 1.807) is 36.5 Å². The van der Waals surface area contributed by atoms with Crippen molar-refractivity contribution in [2.24, 2.45) is 0 Å². The summed E-state index contributed by atoms with van der Waals surface area (Å²) in [6, 6.07) is 13.9. The molecule has 3 aromatic heterocycles. The van der Waals surface area contributed by atoms with Crippen LogP contribution in [0, 0.1) is 0 Å². The molecule has 174 valence electrons. The maximum Gasteiger partial charge on any atom is 0.416 e. The van der Waals surface area contributed by atoms with Crippen molar-refractivity contribution in [3.63, 3.8) is 0 Å². The molecule has 3 N–H and O–H groups in total. The van der Waals surface area contributed by atoms with Crippen LogP contribution in [0.4, 0.5) is 19.0 Å². The first-order valence-electron chi connectivity index (χ1n) is 10.2. The Kier molecular flexibility index (Phi) is 5.01. The van der Waals surface area contributed by atoms with Crippen LogP contribution in [0.5, 0.6) is 0 Å². The van der Waals surface area contributed by atoms with Crippen LogP contribution in [-0.4, -0.2) is 25.6 Å². The molecule has 0 aliphatic rings. The summed E-state index contributed by atoms with van der Waals surface area (Å²) in [6.07, 6.45) is -1.70. The van der Waals surface area contributed by atoms with E-state index >= 15 is 0 Å². The van der Waals surface area contributed by atoms with Gasteiger partial charge in [0.25, 0.3) is 5.56 Å². The van der Waals surface area contributed by atoms with Crippen molar-refractivity contribution in [3.05, 3.63) is 94.5 Å². The third kappa shape index (κ3) is 3.84. The predicted molar refractivity (Wildman–Crippen MR) is 124 cm³/mol. The molecule has 0 bridgehead atoms. The first kappa shape index (κ1) is 22.1. The summed E-state index contributed by atoms with van der Waals surface area (Å²) in [5.41, 5.74) is 5.14. The van der Waals surface area contributed by atoms with E-state index < -0.39 is 28.8 Å². The summed E-state index contributed by atoms with van der Waals surface area (Å²) in [5.74, 6) is -1.17. The Morgan fingerprint density at radius 2 is 1.71 bits per heavy atom. The number of nitrogens with zero attached hydrogens (tertiary/aromatic N) is 3. The molecule has 10 heteroatoms. The molecule has 0 spiro atoms. The Morgan fingerprint density at radius 1 is 0.943 bits per heavy atom. The molecule has 0 amide bonds. The molecule has 5 aromatic rings. The predicted octanol–water partition coefficient (Wildman–Crippen LogP) is 4.90. The Bertz CT molecular complexity index is 1690. The maximum absolute atomic E-state index is 13.4. The minimum absolute atomic E-state index is 0.120. The zero-order valence-electron chi connectivity index (χ0n) is 17.7. The number of carbonyl (C=O) groups is 1. The van der Waals surface area contributed by atoms with E-state index in [2.05, 4.69) is 9.97 Å². The minimum Gasteiger partial charge on any atom is -0.477 e. The van der Waals surface area contributed by atoms with Gasteiger partial charge in [-0.3, -0.25) is 14.3 Å². The average Bonchev–Trinajstić information content (AvgIpc) is 2.83. The van der Waals surface area contributed by atoms with E-state index in [0.29, 0.717) is 27.8 Å². The third-order valence-electron chi connectivity index (χ3n) is 5.61. The highest BCUT2D eigenvalue weighted by molar-refractivity contribution is 6.07. The first-order valence-corrected chi connectivity index (χ1v) is 10.2. The number of pyridine rings is 3. The molecule has 0 unspecified atom stereocenters. The van der Waals surface area contributed by atoms with Crippen molar-refractivity contribution in [2.75, 3.05) is 5.73 Å². The Hall–Kier alpha value is -4.73. The van der Waals surface area contributed by atoms with Crippen LogP contribution in [0.1, 0.15) is 15.9 Å². The van der Waals surface area contributed by atoms with Crippen LogP contribution in [-0.2, 0) is 6.18 Å². The quantitative estimate of drug-likeness (QED) is 0.359. The minimum atomic E-state index is -4.65. The number of aromatic carboxylic acids is 1. The van der Waals surface area contributed by atoms with Crippen LogP contribution in [0.25, 0.3) is 38.6 Å². The fraction of sp³-hybridized carbons (Fsp3) is 0.0400. The van der Waals surface area contributed by atoms with E-state index in [0.717, 1.165) is 16.7 Å². The summed E-state index contributed by atoms with van der Waals surface area (Å²) < 4.78 is 41.3. The lowest BCUT2D eigenvalue weighted by molar-refractivity contribution is -0.137. The van der Waals surface area contributed by atoms with Gasteiger partial charge in [0, 0.05) is 34.4 Å². The number of fused-ring (bicyclic) bond motifs is 3. The van der Waals surface area contributed by atoms with Gasteiger partial charge in [-0.2, -0.15) is 13.2 Å². The maximum atomic E-state index is 13.4. The number of halogens is 3. The second-order valence-electron chi connectivity index (χ2n) is 7.82. The SMILES string of the molecule is Nc1ccc(-c2ccc3ncc4cc(C(=O)O)c(=O)n(-c5cccc(C(F)(F)F)c5)c4c3c2)cn1. The highest BCUT2D eigenvalue weighted by atomic mass is 19.4. The largest absolute Gasteiger partial charge is 0.477 e. The van der Waals surface area contributed by atoms with Gasteiger partial charge in [-0.05, 0) is 54.1 Å². The lowest BCUT2D eigenvalue weighted by Crippen LogP contribution is -2.26. The first-order chi connectivity index (χ1) is 16.6. The van der Waals surface area contributed by atoms with E-state index in [1.807, 2.05) is 0 Å². The van der Waals surface area contributed by atoms with Gasteiger partial charge in [-0.25, -0.2) is 9.78 Å². The molecule has 3 heterocycles. The number of alkyl halides is 3. The molecule has 7 nitrogen and oxygen atoms in total. The van der Waals surface area contributed by atoms with E-state index in [4.69, 9.17) is 5.73 Å². The molecular weight excluding hydrogens is 461 g/mol. The topological polar surface area (TPSA) is 111 Å². The van der Waals surface area contributed by atoms with Crippen LogP contribution in [0.2, 0.25) is 0 Å². The number of nitrogen functional groups attached to an aromatic ring is 1. The Morgan fingerprint density at radius 3 is 2.40 bits per heavy atom. The Labute approximate surface area is 194 Å². The van der Waals surface area contributed by atoms with E-state index in [1.165, 1.54) is 24.4 Å². The van der Waals surface area contributed by atoms with Gasteiger partial charge in [-0.15, -0.1) is 0 Å². The molecule has 5 rings (SSSR count). The molecular formula is C25H15F3N4O3. The molecule has 0 aliphatic carbocycles. The van der Waals surface area contributed by atoms with Crippen LogP contribution >= 0.6 is 0 Å². The van der Waals surface area contributed by atoms with Gasteiger partial charge in [0.15, 0.2) is 0 Å². The normalized spacial score (nSPS) is 11.7. The molecule has 0 saturated carbocycles. The van der Waals surface area contributed by atoms with Crippen LogP contribution in [0.15, 0.2) is 77.9 Å². The molecule has 0 aliphatic heterocycles. The number of hydrogen-bond donors (Lipinski definition) is 2. The lowest BCUT2D eigenvalue weighted by Gasteiger charge is -2.16. The number of carboxylic acids is 1. The number of aromatic nitrogens is 3. The number of benzene rings is 2. The molecule has 0 saturated heterocycles. The second kappa shape index (κ2) is 7.94. The molecule has 0 atom stereocenters. The number of rotatable bonds is 3. The van der Waals surface area contributed by atoms with E-state index in [9.17, 15) is 27.9 Å². The van der Waals surface area contributed by atoms with Gasteiger partial charge in [0.05, 0.1) is 16.6 Å². The van der Waals surface area contributed by atoms with Crippen molar-refractivity contribution in [1.29, 1.82) is 0 Å². The van der Waals surface area contributed by atoms with Crippen molar-refractivity contribution in [1.82, 2.24) is 14.5 Å². The lowest BCUT2D eigenvalue weighted by atomic mass is 10.0. The third-order valence-corrected chi connectivity index (χ3v) is 5.61. The van der Waals surface area contributed by atoms with Crippen LogP contribution in [0.3, 0.4) is 0 Å². The number of anilines is 1. The van der Waals surface area contributed by atoms with Crippen molar-refractivity contribution in [2.45, 2.75) is 6.18 Å². The van der Waals surface area contributed by atoms with Crippen LogP contribution < -0.4 is 11.3 Å². The van der Waals surface area contributed by atoms with Gasteiger partial charge in [0.1, 0.15) is 11.4 Å². The second-order valence-corrected chi connectivity index (χ2v) is 7.82. The average molecular weight is 476 g/mol. The summed E-state index contributed by atoms with van der Waals surface area (Å²) in [4.78, 5) is 33.5. The Balaban J connectivity index is 1.90. The zero-order chi connectivity index (χ0) is 24.9. The highest BCUT2D eigenvalue weighted by Gasteiger charge is 2.31. The van der Waals surface area contributed by atoms with Crippen molar-refractivity contribution < 1.29 is 23.1 Å². The molecule has 2 aromatic carbocycles. The molecule has 0 radical (unpaired) electrons. The summed E-state index contributed by atoms with van der Waals surface area (Å²) in [5, 5.41) is 10.3. The smallest absolute Gasteiger partial charge is 0.416 e. The number of nitrogens with two attached hydrogens (primary N) is 1. The van der Waals surface area contributed by atoms with Crippen molar-refractivity contribution in [3.8, 4) is 16.8 Å².